The number of ether oxygens (including phenoxy) is 1. The van der Waals surface area contributed by atoms with Crippen LogP contribution in [0.25, 0.3) is 0 Å². The summed E-state index contributed by atoms with van der Waals surface area (Å²) in [6.45, 7) is 5.77. The van der Waals surface area contributed by atoms with E-state index in [1.807, 2.05) is 13.0 Å². The van der Waals surface area contributed by atoms with Gasteiger partial charge < -0.3 is 14.9 Å². The van der Waals surface area contributed by atoms with E-state index < -0.39 is 0 Å². The second-order valence-corrected chi connectivity index (χ2v) is 5.43. The maximum Gasteiger partial charge on any atom is 0.122 e. The lowest BCUT2D eigenvalue weighted by molar-refractivity contribution is 0.0904. The van der Waals surface area contributed by atoms with E-state index in [-0.39, 0.29) is 12.1 Å². The van der Waals surface area contributed by atoms with Crippen LogP contribution in [0.1, 0.15) is 43.7 Å². The highest BCUT2D eigenvalue weighted by atomic mass is 16.5. The first-order chi connectivity index (χ1) is 9.17. The number of furan rings is 1. The van der Waals surface area contributed by atoms with Crippen molar-refractivity contribution in [3.63, 3.8) is 0 Å². The molecule has 1 saturated carbocycles. The lowest BCUT2D eigenvalue weighted by atomic mass is 10.0. The van der Waals surface area contributed by atoms with Crippen LogP contribution in [0.15, 0.2) is 16.5 Å². The molecule has 1 fully saturated rings. The summed E-state index contributed by atoms with van der Waals surface area (Å²) < 4.78 is 11.1. The molecule has 4 heteroatoms. The molecule has 1 aromatic rings. The Labute approximate surface area is 115 Å². The van der Waals surface area contributed by atoms with E-state index in [1.54, 1.807) is 7.11 Å². The average Bonchev–Trinajstić information content (AvgIpc) is 3.16. The van der Waals surface area contributed by atoms with Crippen molar-refractivity contribution < 1.29 is 9.15 Å². The van der Waals surface area contributed by atoms with Gasteiger partial charge in [0.2, 0.25) is 0 Å². The molecule has 0 bridgehead atoms. The van der Waals surface area contributed by atoms with Crippen molar-refractivity contribution in [2.75, 3.05) is 20.3 Å². The number of rotatable bonds is 8. The molecule has 0 amide bonds. The van der Waals surface area contributed by atoms with Gasteiger partial charge in [-0.25, -0.2) is 0 Å². The van der Waals surface area contributed by atoms with E-state index in [2.05, 4.69) is 17.9 Å². The van der Waals surface area contributed by atoms with E-state index in [4.69, 9.17) is 14.9 Å². The SMILES string of the molecule is CCC(N)C(c1ccc(C)o1)N(CCOC)C1CC1. The smallest absolute Gasteiger partial charge is 0.122 e. The van der Waals surface area contributed by atoms with Gasteiger partial charge in [-0.05, 0) is 38.3 Å². The zero-order valence-corrected chi connectivity index (χ0v) is 12.3. The molecule has 2 rings (SSSR count). The van der Waals surface area contributed by atoms with Gasteiger partial charge in [-0.1, -0.05) is 6.92 Å². The largest absolute Gasteiger partial charge is 0.465 e. The topological polar surface area (TPSA) is 51.6 Å². The number of hydrogen-bond acceptors (Lipinski definition) is 4. The summed E-state index contributed by atoms with van der Waals surface area (Å²) >= 11 is 0. The quantitative estimate of drug-likeness (QED) is 0.785. The third-order valence-electron chi connectivity index (χ3n) is 3.86. The van der Waals surface area contributed by atoms with Crippen LogP contribution in [0, 0.1) is 6.92 Å². The van der Waals surface area contributed by atoms with Gasteiger partial charge in [0.1, 0.15) is 11.5 Å². The fourth-order valence-electron chi connectivity index (χ4n) is 2.61. The van der Waals surface area contributed by atoms with Gasteiger partial charge in [0.15, 0.2) is 0 Å². The Morgan fingerprint density at radius 2 is 2.21 bits per heavy atom. The van der Waals surface area contributed by atoms with Crippen LogP contribution in [-0.4, -0.2) is 37.2 Å². The molecule has 2 unspecified atom stereocenters. The summed E-state index contributed by atoms with van der Waals surface area (Å²) in [6, 6.07) is 5.00. The minimum Gasteiger partial charge on any atom is -0.465 e. The minimum atomic E-state index is 0.100. The van der Waals surface area contributed by atoms with Crippen LogP contribution in [-0.2, 0) is 4.74 Å². The maximum atomic E-state index is 6.35. The molecule has 0 radical (unpaired) electrons. The zero-order valence-electron chi connectivity index (χ0n) is 12.3. The van der Waals surface area contributed by atoms with Crippen molar-refractivity contribution in [3.8, 4) is 0 Å². The number of hydrogen-bond donors (Lipinski definition) is 1. The van der Waals surface area contributed by atoms with Gasteiger partial charge in [0, 0.05) is 25.7 Å². The molecular weight excluding hydrogens is 240 g/mol. The first kappa shape index (κ1) is 14.6. The molecular formula is C15H26N2O2. The third-order valence-corrected chi connectivity index (χ3v) is 3.86. The number of nitrogens with two attached hydrogens (primary N) is 1. The fraction of sp³-hybridized carbons (Fsp3) is 0.733. The molecule has 19 heavy (non-hydrogen) atoms. The molecule has 4 nitrogen and oxygen atoms in total. The van der Waals surface area contributed by atoms with Crippen molar-refractivity contribution in [2.24, 2.45) is 5.73 Å². The zero-order chi connectivity index (χ0) is 13.8. The minimum absolute atomic E-state index is 0.100. The van der Waals surface area contributed by atoms with E-state index >= 15 is 0 Å². The van der Waals surface area contributed by atoms with E-state index in [0.717, 1.165) is 31.1 Å². The van der Waals surface area contributed by atoms with Crippen molar-refractivity contribution >= 4 is 0 Å². The lowest BCUT2D eigenvalue weighted by Gasteiger charge is -2.34. The summed E-state index contributed by atoms with van der Waals surface area (Å²) in [4.78, 5) is 2.47. The van der Waals surface area contributed by atoms with Crippen molar-refractivity contribution in [1.29, 1.82) is 0 Å². The molecule has 0 spiro atoms. The van der Waals surface area contributed by atoms with E-state index in [0.29, 0.717) is 6.04 Å². The predicted molar refractivity (Wildman–Crippen MR) is 76.1 cm³/mol. The van der Waals surface area contributed by atoms with Crippen LogP contribution >= 0.6 is 0 Å². The monoisotopic (exact) mass is 266 g/mol. The van der Waals surface area contributed by atoms with Gasteiger partial charge in [0.25, 0.3) is 0 Å². The Bertz CT molecular complexity index is 387. The fourth-order valence-corrected chi connectivity index (χ4v) is 2.61. The van der Waals surface area contributed by atoms with Gasteiger partial charge in [0.05, 0.1) is 12.6 Å². The van der Waals surface area contributed by atoms with Crippen molar-refractivity contribution in [2.45, 2.75) is 51.2 Å². The van der Waals surface area contributed by atoms with Gasteiger partial charge in [-0.2, -0.15) is 0 Å². The van der Waals surface area contributed by atoms with Crippen LogP contribution in [0.5, 0.6) is 0 Å². The number of methoxy groups -OCH3 is 1. The Morgan fingerprint density at radius 3 is 2.68 bits per heavy atom. The lowest BCUT2D eigenvalue weighted by Crippen LogP contribution is -2.43. The van der Waals surface area contributed by atoms with E-state index in [1.165, 1.54) is 12.8 Å². The van der Waals surface area contributed by atoms with Gasteiger partial charge >= 0.3 is 0 Å². The second-order valence-electron chi connectivity index (χ2n) is 5.43. The molecule has 0 aliphatic heterocycles. The normalized spacial score (nSPS) is 18.8. The molecule has 1 aliphatic carbocycles. The van der Waals surface area contributed by atoms with Crippen molar-refractivity contribution in [3.05, 3.63) is 23.7 Å². The summed E-state index contributed by atoms with van der Waals surface area (Å²) in [5.41, 5.74) is 6.35. The molecule has 2 N–H and O–H groups in total. The Hall–Kier alpha value is -0.840. The Kier molecular flexibility index (Phi) is 5.02. The highest BCUT2D eigenvalue weighted by Crippen LogP contribution is 2.36. The number of nitrogens with zero attached hydrogens (tertiary/aromatic N) is 1. The Morgan fingerprint density at radius 1 is 1.47 bits per heavy atom. The van der Waals surface area contributed by atoms with E-state index in [9.17, 15) is 0 Å². The van der Waals surface area contributed by atoms with Crippen LogP contribution in [0.2, 0.25) is 0 Å². The first-order valence-corrected chi connectivity index (χ1v) is 7.24. The summed E-state index contributed by atoms with van der Waals surface area (Å²) in [6.07, 6.45) is 3.47. The van der Waals surface area contributed by atoms with Gasteiger partial charge in [-0.3, -0.25) is 4.90 Å². The van der Waals surface area contributed by atoms with Crippen molar-refractivity contribution in [1.82, 2.24) is 4.90 Å². The molecule has 108 valence electrons. The first-order valence-electron chi connectivity index (χ1n) is 7.24. The molecule has 1 heterocycles. The summed E-state index contributed by atoms with van der Waals surface area (Å²) in [5.74, 6) is 1.95. The highest BCUT2D eigenvalue weighted by molar-refractivity contribution is 5.13. The molecule has 2 atom stereocenters. The second kappa shape index (κ2) is 6.55. The standard InChI is InChI=1S/C15H26N2O2/c1-4-13(16)15(14-8-5-11(2)19-14)17(9-10-18-3)12-6-7-12/h5,8,12-13,15H,4,6-7,9-10,16H2,1-3H3. The van der Waals surface area contributed by atoms with Crippen LogP contribution in [0.4, 0.5) is 0 Å². The summed E-state index contributed by atoms with van der Waals surface area (Å²) in [5, 5.41) is 0. The van der Waals surface area contributed by atoms with Crippen LogP contribution in [0.3, 0.4) is 0 Å². The molecule has 1 aliphatic rings. The average molecular weight is 266 g/mol. The molecule has 0 saturated heterocycles. The van der Waals surface area contributed by atoms with Crippen LogP contribution < -0.4 is 5.73 Å². The molecule has 1 aromatic heterocycles. The molecule has 0 aromatic carbocycles. The predicted octanol–water partition coefficient (Wildman–Crippen LogP) is 2.48. The third kappa shape index (κ3) is 3.59. The maximum absolute atomic E-state index is 6.35. The number of aryl methyl sites for hydroxylation is 1. The van der Waals surface area contributed by atoms with Gasteiger partial charge in [-0.15, -0.1) is 0 Å². The Balaban J connectivity index is 2.19. The highest BCUT2D eigenvalue weighted by Gasteiger charge is 2.38. The summed E-state index contributed by atoms with van der Waals surface area (Å²) in [7, 11) is 1.75.